The molecule has 0 aromatic rings. The molecule has 0 saturated heterocycles. The van der Waals surface area contributed by atoms with Gasteiger partial charge in [-0.15, -0.1) is 0 Å². The molecule has 14 N–H and O–H groups in total. The Labute approximate surface area is 172 Å². The largest absolute Gasteiger partial charge is 0.394 e. The molecular formula is C14H36N10O4S. The molecular weight excluding hydrogens is 404 g/mol. The Bertz CT molecular complexity index is 599. The van der Waals surface area contributed by atoms with Gasteiger partial charge in [-0.05, 0) is 24.7 Å². The highest BCUT2D eigenvalue weighted by atomic mass is 32.3. The molecule has 0 radical (unpaired) electrons. The Hall–Kier alpha value is -2.65. The van der Waals surface area contributed by atoms with Gasteiger partial charge in [-0.25, -0.2) is 0 Å². The SMILES string of the molecule is CC(C)CCN=C(N)N=C(N)N.CC(C)CCN=C(N)N=C(N)N.O=S(=O)(O)O. The zero-order chi connectivity index (χ0) is 23.6. The van der Waals surface area contributed by atoms with E-state index in [0.29, 0.717) is 24.9 Å². The van der Waals surface area contributed by atoms with Gasteiger partial charge in [-0.1, -0.05) is 27.7 Å². The van der Waals surface area contributed by atoms with Crippen molar-refractivity contribution in [2.45, 2.75) is 40.5 Å². The molecule has 0 saturated carbocycles. The molecule has 0 atom stereocenters. The second kappa shape index (κ2) is 17.4. The van der Waals surface area contributed by atoms with E-state index in [0.717, 1.165) is 12.8 Å². The van der Waals surface area contributed by atoms with Crippen molar-refractivity contribution in [1.29, 1.82) is 0 Å². The fourth-order valence-electron chi connectivity index (χ4n) is 1.21. The summed E-state index contributed by atoms with van der Waals surface area (Å²) in [6, 6.07) is 0. The summed E-state index contributed by atoms with van der Waals surface area (Å²) in [5.41, 5.74) is 31.1. The van der Waals surface area contributed by atoms with Crippen molar-refractivity contribution < 1.29 is 17.5 Å². The summed E-state index contributed by atoms with van der Waals surface area (Å²) in [7, 11) is -4.67. The number of nitrogens with zero attached hydrogens (tertiary/aromatic N) is 4. The minimum atomic E-state index is -4.67. The average molecular weight is 441 g/mol. The summed E-state index contributed by atoms with van der Waals surface area (Å²) >= 11 is 0. The minimum absolute atomic E-state index is 0.0548. The fraction of sp³-hybridized carbons (Fsp3) is 0.714. The van der Waals surface area contributed by atoms with E-state index in [2.05, 4.69) is 47.7 Å². The monoisotopic (exact) mass is 440 g/mol. The normalized spacial score (nSPS) is 11.7. The van der Waals surface area contributed by atoms with E-state index in [9.17, 15) is 0 Å². The number of rotatable bonds is 6. The molecule has 0 aliphatic carbocycles. The van der Waals surface area contributed by atoms with Crippen LogP contribution in [0, 0.1) is 11.8 Å². The molecule has 0 rings (SSSR count). The number of hydrogen-bond acceptors (Lipinski definition) is 4. The van der Waals surface area contributed by atoms with Crippen LogP contribution < -0.4 is 34.4 Å². The van der Waals surface area contributed by atoms with E-state index >= 15 is 0 Å². The fourth-order valence-corrected chi connectivity index (χ4v) is 1.21. The lowest BCUT2D eigenvalue weighted by atomic mass is 10.1. The summed E-state index contributed by atoms with van der Waals surface area (Å²) < 4.78 is 31.6. The first kappa shape index (κ1) is 31.1. The van der Waals surface area contributed by atoms with Gasteiger partial charge in [-0.3, -0.25) is 19.1 Å². The van der Waals surface area contributed by atoms with E-state index < -0.39 is 10.4 Å². The quantitative estimate of drug-likeness (QED) is 0.135. The smallest absolute Gasteiger partial charge is 0.370 e. The second-order valence-electron chi connectivity index (χ2n) is 6.37. The van der Waals surface area contributed by atoms with E-state index in [1.165, 1.54) is 0 Å². The molecule has 0 unspecified atom stereocenters. The molecule has 0 amide bonds. The third-order valence-electron chi connectivity index (χ3n) is 2.45. The maximum atomic E-state index is 8.74. The van der Waals surface area contributed by atoms with Gasteiger partial charge >= 0.3 is 10.4 Å². The van der Waals surface area contributed by atoms with Crippen LogP contribution in [0.25, 0.3) is 0 Å². The summed E-state index contributed by atoms with van der Waals surface area (Å²) in [5.74, 6) is 1.41. The Balaban J connectivity index is -0.000000380. The predicted molar refractivity (Wildman–Crippen MR) is 118 cm³/mol. The third-order valence-corrected chi connectivity index (χ3v) is 2.45. The maximum absolute atomic E-state index is 8.74. The number of nitrogens with two attached hydrogens (primary N) is 6. The van der Waals surface area contributed by atoms with E-state index in [1.807, 2.05) is 0 Å². The number of guanidine groups is 4. The van der Waals surface area contributed by atoms with Crippen LogP contribution in [0.3, 0.4) is 0 Å². The molecule has 0 aliphatic heterocycles. The predicted octanol–water partition coefficient (Wildman–Crippen LogP) is -1.41. The van der Waals surface area contributed by atoms with Crippen molar-refractivity contribution in [1.82, 2.24) is 0 Å². The molecule has 0 aromatic carbocycles. The molecule has 14 nitrogen and oxygen atoms in total. The topological polar surface area (TPSA) is 280 Å². The summed E-state index contributed by atoms with van der Waals surface area (Å²) in [6.07, 6.45) is 1.97. The van der Waals surface area contributed by atoms with Crippen molar-refractivity contribution in [3.05, 3.63) is 0 Å². The molecule has 0 aliphatic rings. The lowest BCUT2D eigenvalue weighted by Gasteiger charge is -1.99. The van der Waals surface area contributed by atoms with Crippen LogP contribution in [-0.2, 0) is 10.4 Å². The Morgan fingerprint density at radius 2 is 0.966 bits per heavy atom. The zero-order valence-electron chi connectivity index (χ0n) is 17.4. The maximum Gasteiger partial charge on any atom is 0.394 e. The second-order valence-corrected chi connectivity index (χ2v) is 7.26. The van der Waals surface area contributed by atoms with Crippen LogP contribution in [0.1, 0.15) is 40.5 Å². The Kier molecular flexibility index (Phi) is 18.7. The van der Waals surface area contributed by atoms with Gasteiger partial charge in [0.15, 0.2) is 11.9 Å². The molecule has 0 aromatic heterocycles. The Morgan fingerprint density at radius 3 is 1.14 bits per heavy atom. The van der Waals surface area contributed by atoms with Crippen LogP contribution in [0.5, 0.6) is 0 Å². The van der Waals surface area contributed by atoms with Crippen LogP contribution >= 0.6 is 0 Å². The van der Waals surface area contributed by atoms with Crippen molar-refractivity contribution in [2.24, 2.45) is 66.2 Å². The highest BCUT2D eigenvalue weighted by molar-refractivity contribution is 7.79. The minimum Gasteiger partial charge on any atom is -0.370 e. The number of hydrogen-bond donors (Lipinski definition) is 8. The number of aliphatic imine (C=N–C) groups is 4. The molecule has 29 heavy (non-hydrogen) atoms. The van der Waals surface area contributed by atoms with Crippen molar-refractivity contribution in [2.75, 3.05) is 13.1 Å². The van der Waals surface area contributed by atoms with Crippen LogP contribution in [0.15, 0.2) is 20.0 Å². The molecule has 0 heterocycles. The molecule has 15 heteroatoms. The van der Waals surface area contributed by atoms with Crippen molar-refractivity contribution in [3.8, 4) is 0 Å². The highest BCUT2D eigenvalue weighted by Crippen LogP contribution is 1.98. The van der Waals surface area contributed by atoms with E-state index in [1.54, 1.807) is 0 Å². The first-order chi connectivity index (χ1) is 13.0. The molecule has 0 spiro atoms. The van der Waals surface area contributed by atoms with Crippen LogP contribution in [0.2, 0.25) is 0 Å². The van der Waals surface area contributed by atoms with Crippen LogP contribution in [-0.4, -0.2) is 54.5 Å². The summed E-state index contributed by atoms with van der Waals surface area (Å²) in [4.78, 5) is 15.1. The zero-order valence-corrected chi connectivity index (χ0v) is 18.2. The highest BCUT2D eigenvalue weighted by Gasteiger charge is 1.93. The van der Waals surface area contributed by atoms with Crippen molar-refractivity contribution in [3.63, 3.8) is 0 Å². The van der Waals surface area contributed by atoms with Gasteiger partial charge in [0.25, 0.3) is 0 Å². The van der Waals surface area contributed by atoms with Gasteiger partial charge in [-0.2, -0.15) is 18.4 Å². The standard InChI is InChI=1S/2C7H17N5.H2O4S/c2*1-5(2)3-4-11-7(10)12-6(8)9;1-5(2,3)4/h2*5H,3-4H2,1-2H3,(H6,8,9,10,11,12);(H2,1,2,3,4). The van der Waals surface area contributed by atoms with Gasteiger partial charge in [0, 0.05) is 13.1 Å². The van der Waals surface area contributed by atoms with Gasteiger partial charge in [0.2, 0.25) is 11.9 Å². The molecule has 0 fully saturated rings. The van der Waals surface area contributed by atoms with Crippen molar-refractivity contribution >= 4 is 34.2 Å². The first-order valence-electron chi connectivity index (χ1n) is 8.53. The van der Waals surface area contributed by atoms with E-state index in [-0.39, 0.29) is 23.8 Å². The summed E-state index contributed by atoms with van der Waals surface area (Å²) in [6.45, 7) is 9.80. The average Bonchev–Trinajstić information content (AvgIpc) is 2.43. The molecule has 172 valence electrons. The van der Waals surface area contributed by atoms with Gasteiger partial charge in [0.1, 0.15) is 0 Å². The third kappa shape index (κ3) is 45.9. The van der Waals surface area contributed by atoms with Crippen LogP contribution in [0.4, 0.5) is 0 Å². The lowest BCUT2D eigenvalue weighted by molar-refractivity contribution is 0.381. The van der Waals surface area contributed by atoms with Gasteiger partial charge in [0.05, 0.1) is 0 Å². The first-order valence-corrected chi connectivity index (χ1v) is 9.93. The van der Waals surface area contributed by atoms with Gasteiger partial charge < -0.3 is 34.4 Å². The van der Waals surface area contributed by atoms with E-state index in [4.69, 9.17) is 51.9 Å². The lowest BCUT2D eigenvalue weighted by Crippen LogP contribution is -2.26. The summed E-state index contributed by atoms with van der Waals surface area (Å²) in [5, 5.41) is 0. The Morgan fingerprint density at radius 1 is 0.724 bits per heavy atom. The molecule has 0 bridgehead atoms.